The van der Waals surface area contributed by atoms with Crippen LogP contribution in [0.4, 0.5) is 0 Å². The molecule has 1 aliphatic heterocycles. The molecule has 0 saturated carbocycles. The molecular weight excluding hydrogens is 204 g/mol. The van der Waals surface area contributed by atoms with Gasteiger partial charge in [-0.1, -0.05) is 36.4 Å². The average molecular weight is 218 g/mol. The third-order valence-electron chi connectivity index (χ3n) is 2.35. The molecule has 1 atom stereocenters. The van der Waals surface area contributed by atoms with Gasteiger partial charge >= 0.3 is 5.97 Å². The minimum absolute atomic E-state index is 0.138. The number of benzene rings is 1. The van der Waals surface area contributed by atoms with Crippen LogP contribution in [-0.4, -0.2) is 18.7 Å². The number of rotatable bonds is 4. The van der Waals surface area contributed by atoms with Crippen molar-refractivity contribution >= 4 is 5.97 Å². The molecule has 0 saturated heterocycles. The molecule has 0 spiro atoms. The van der Waals surface area contributed by atoms with E-state index in [9.17, 15) is 4.79 Å². The van der Waals surface area contributed by atoms with E-state index in [2.05, 4.69) is 0 Å². The third kappa shape index (κ3) is 3.21. The molecular formula is C13H14O3. The van der Waals surface area contributed by atoms with Crippen LogP contribution in [0.5, 0.6) is 0 Å². The highest BCUT2D eigenvalue weighted by molar-refractivity contribution is 5.82. The Morgan fingerprint density at radius 2 is 2.12 bits per heavy atom. The molecule has 1 aliphatic rings. The van der Waals surface area contributed by atoms with E-state index in [-0.39, 0.29) is 12.1 Å². The molecule has 0 aromatic heterocycles. The second kappa shape index (κ2) is 5.47. The monoisotopic (exact) mass is 218 g/mol. The predicted molar refractivity (Wildman–Crippen MR) is 59.7 cm³/mol. The van der Waals surface area contributed by atoms with Crippen LogP contribution >= 0.6 is 0 Å². The zero-order valence-electron chi connectivity index (χ0n) is 8.96. The zero-order chi connectivity index (χ0) is 11.2. The van der Waals surface area contributed by atoms with E-state index >= 15 is 0 Å². The lowest BCUT2D eigenvalue weighted by Crippen LogP contribution is -2.24. The number of ether oxygens (including phenoxy) is 2. The Bertz CT molecular complexity index is 370. The number of hydrogen-bond donors (Lipinski definition) is 0. The molecule has 0 amide bonds. The fourth-order valence-corrected chi connectivity index (χ4v) is 1.55. The normalized spacial score (nSPS) is 19.5. The first-order valence-corrected chi connectivity index (χ1v) is 5.33. The van der Waals surface area contributed by atoms with E-state index < -0.39 is 0 Å². The Kier molecular flexibility index (Phi) is 3.72. The highest BCUT2D eigenvalue weighted by atomic mass is 16.6. The second-order valence-corrected chi connectivity index (χ2v) is 3.70. The summed E-state index contributed by atoms with van der Waals surface area (Å²) in [4.78, 5) is 10.9. The first-order chi connectivity index (χ1) is 7.84. The van der Waals surface area contributed by atoms with Gasteiger partial charge in [-0.2, -0.15) is 0 Å². The molecule has 1 aromatic carbocycles. The maximum atomic E-state index is 10.9. The third-order valence-corrected chi connectivity index (χ3v) is 2.35. The number of hydrogen-bond acceptors (Lipinski definition) is 3. The summed E-state index contributed by atoms with van der Waals surface area (Å²) in [6.07, 6.45) is 3.87. The number of esters is 1. The fourth-order valence-electron chi connectivity index (χ4n) is 1.55. The first-order valence-electron chi connectivity index (χ1n) is 5.33. The van der Waals surface area contributed by atoms with Gasteiger partial charge in [0.05, 0.1) is 13.2 Å². The molecule has 0 bridgehead atoms. The van der Waals surface area contributed by atoms with Crippen molar-refractivity contribution in [3.8, 4) is 0 Å². The Morgan fingerprint density at radius 1 is 1.31 bits per heavy atom. The SMILES string of the molecule is O=C1C=CC[C@H](COCc2ccccc2)O1. The van der Waals surface area contributed by atoms with Crippen molar-refractivity contribution in [3.63, 3.8) is 0 Å². The molecule has 0 N–H and O–H groups in total. The van der Waals surface area contributed by atoms with Gasteiger partial charge in [0.25, 0.3) is 0 Å². The zero-order valence-corrected chi connectivity index (χ0v) is 8.96. The molecule has 0 fully saturated rings. The molecule has 0 radical (unpaired) electrons. The maximum absolute atomic E-state index is 10.9. The average Bonchev–Trinajstić information content (AvgIpc) is 2.30. The van der Waals surface area contributed by atoms with E-state index in [1.54, 1.807) is 0 Å². The Hall–Kier alpha value is -1.61. The van der Waals surface area contributed by atoms with Crippen molar-refractivity contribution in [3.05, 3.63) is 48.0 Å². The molecule has 1 heterocycles. The van der Waals surface area contributed by atoms with Crippen LogP contribution in [0.15, 0.2) is 42.5 Å². The van der Waals surface area contributed by atoms with Crippen molar-refractivity contribution in [2.75, 3.05) is 6.61 Å². The van der Waals surface area contributed by atoms with Crippen LogP contribution in [0.25, 0.3) is 0 Å². The van der Waals surface area contributed by atoms with Crippen molar-refractivity contribution in [2.24, 2.45) is 0 Å². The molecule has 2 rings (SSSR count). The molecule has 84 valence electrons. The summed E-state index contributed by atoms with van der Waals surface area (Å²) >= 11 is 0. The van der Waals surface area contributed by atoms with Gasteiger partial charge in [-0.15, -0.1) is 0 Å². The van der Waals surface area contributed by atoms with Crippen molar-refractivity contribution < 1.29 is 14.3 Å². The summed E-state index contributed by atoms with van der Waals surface area (Å²) in [5.74, 6) is -0.278. The Morgan fingerprint density at radius 3 is 2.88 bits per heavy atom. The highest BCUT2D eigenvalue weighted by Gasteiger charge is 2.15. The van der Waals surface area contributed by atoms with Crippen molar-refractivity contribution in [2.45, 2.75) is 19.1 Å². The largest absolute Gasteiger partial charge is 0.456 e. The molecule has 0 unspecified atom stereocenters. The standard InChI is InChI=1S/C13H14O3/c14-13-8-4-7-12(16-13)10-15-9-11-5-2-1-3-6-11/h1-6,8,12H,7,9-10H2/t12-/m1/s1. The topological polar surface area (TPSA) is 35.5 Å². The van der Waals surface area contributed by atoms with E-state index in [0.29, 0.717) is 13.2 Å². The van der Waals surface area contributed by atoms with Gasteiger partial charge in [-0.05, 0) is 5.56 Å². The van der Waals surface area contributed by atoms with Crippen molar-refractivity contribution in [1.29, 1.82) is 0 Å². The maximum Gasteiger partial charge on any atom is 0.330 e. The van der Waals surface area contributed by atoms with Crippen LogP contribution in [-0.2, 0) is 20.9 Å². The summed E-state index contributed by atoms with van der Waals surface area (Å²) in [7, 11) is 0. The minimum Gasteiger partial charge on any atom is -0.456 e. The second-order valence-electron chi connectivity index (χ2n) is 3.70. The molecule has 1 aromatic rings. The predicted octanol–water partition coefficient (Wildman–Crippen LogP) is 2.07. The molecule has 0 aliphatic carbocycles. The number of cyclic esters (lactones) is 1. The lowest BCUT2D eigenvalue weighted by molar-refractivity contribution is -0.147. The van der Waals surface area contributed by atoms with Gasteiger partial charge in [0.15, 0.2) is 0 Å². The smallest absolute Gasteiger partial charge is 0.330 e. The summed E-state index contributed by atoms with van der Waals surface area (Å²) in [6.45, 7) is 1.00. The van der Waals surface area contributed by atoms with Crippen LogP contribution in [0.3, 0.4) is 0 Å². The van der Waals surface area contributed by atoms with Gasteiger partial charge in [0.2, 0.25) is 0 Å². The van der Waals surface area contributed by atoms with Gasteiger partial charge in [0.1, 0.15) is 6.10 Å². The van der Waals surface area contributed by atoms with Crippen LogP contribution in [0, 0.1) is 0 Å². The van der Waals surface area contributed by atoms with E-state index in [0.717, 1.165) is 12.0 Å². The van der Waals surface area contributed by atoms with Gasteiger partial charge in [-0.25, -0.2) is 4.79 Å². The van der Waals surface area contributed by atoms with E-state index in [4.69, 9.17) is 9.47 Å². The van der Waals surface area contributed by atoms with Crippen molar-refractivity contribution in [1.82, 2.24) is 0 Å². The molecule has 16 heavy (non-hydrogen) atoms. The van der Waals surface area contributed by atoms with Crippen LogP contribution in [0.1, 0.15) is 12.0 Å². The van der Waals surface area contributed by atoms with E-state index in [1.165, 1.54) is 6.08 Å². The summed E-state index contributed by atoms with van der Waals surface area (Å²) in [6, 6.07) is 9.93. The fraction of sp³-hybridized carbons (Fsp3) is 0.308. The molecule has 3 nitrogen and oxygen atoms in total. The molecule has 3 heteroatoms. The quantitative estimate of drug-likeness (QED) is 0.726. The van der Waals surface area contributed by atoms with Gasteiger partial charge in [-0.3, -0.25) is 0 Å². The van der Waals surface area contributed by atoms with Gasteiger partial charge < -0.3 is 9.47 Å². The van der Waals surface area contributed by atoms with Crippen LogP contribution < -0.4 is 0 Å². The Balaban J connectivity index is 1.72. The summed E-state index contributed by atoms with van der Waals surface area (Å²) in [5.41, 5.74) is 1.13. The first kappa shape index (κ1) is 10.9. The highest BCUT2D eigenvalue weighted by Crippen LogP contribution is 2.09. The lowest BCUT2D eigenvalue weighted by atomic mass is 10.2. The lowest BCUT2D eigenvalue weighted by Gasteiger charge is -2.18. The van der Waals surface area contributed by atoms with Gasteiger partial charge in [0, 0.05) is 12.5 Å². The Labute approximate surface area is 94.7 Å². The summed E-state index contributed by atoms with van der Waals surface area (Å²) < 4.78 is 10.6. The van der Waals surface area contributed by atoms with E-state index in [1.807, 2.05) is 36.4 Å². The van der Waals surface area contributed by atoms with Crippen LogP contribution in [0.2, 0.25) is 0 Å². The minimum atomic E-state index is -0.278. The summed E-state index contributed by atoms with van der Waals surface area (Å²) in [5, 5.41) is 0. The number of carbonyl (C=O) groups is 1. The number of carbonyl (C=O) groups excluding carboxylic acids is 1.